The normalized spacial score (nSPS) is 12.4. The summed E-state index contributed by atoms with van der Waals surface area (Å²) in [6.45, 7) is 6.52. The first-order valence-electron chi connectivity index (χ1n) is 6.21. The van der Waals surface area contributed by atoms with Crippen molar-refractivity contribution in [1.82, 2.24) is 0 Å². The Labute approximate surface area is 121 Å². The van der Waals surface area contributed by atoms with Crippen molar-refractivity contribution in [2.24, 2.45) is 0 Å². The van der Waals surface area contributed by atoms with E-state index >= 15 is 0 Å². The maximum absolute atomic E-state index is 3.56. The first-order valence-corrected chi connectivity index (χ1v) is 7.81. The van der Waals surface area contributed by atoms with E-state index in [9.17, 15) is 0 Å². The molecule has 18 heavy (non-hydrogen) atoms. The molecule has 0 aliphatic rings. The molecule has 1 aromatic heterocycles. The van der Waals surface area contributed by atoms with Crippen LogP contribution in [0.4, 0.5) is 5.69 Å². The zero-order valence-electron chi connectivity index (χ0n) is 11.0. The Balaban J connectivity index is 2.12. The van der Waals surface area contributed by atoms with Crippen LogP contribution in [0.25, 0.3) is 0 Å². The van der Waals surface area contributed by atoms with Crippen LogP contribution in [0.15, 0.2) is 34.8 Å². The first-order chi connectivity index (χ1) is 8.58. The average molecular weight is 324 g/mol. The molecule has 0 aliphatic carbocycles. The first kappa shape index (κ1) is 13.6. The van der Waals surface area contributed by atoms with Crippen molar-refractivity contribution < 1.29 is 0 Å². The molecule has 0 radical (unpaired) electrons. The van der Waals surface area contributed by atoms with Crippen LogP contribution in [-0.2, 0) is 6.42 Å². The second-order valence-corrected chi connectivity index (χ2v) is 6.66. The van der Waals surface area contributed by atoms with Crippen molar-refractivity contribution in [2.75, 3.05) is 5.32 Å². The van der Waals surface area contributed by atoms with Crippen LogP contribution in [-0.4, -0.2) is 0 Å². The smallest absolute Gasteiger partial charge is 0.0578 e. The van der Waals surface area contributed by atoms with Crippen LogP contribution in [0.5, 0.6) is 0 Å². The van der Waals surface area contributed by atoms with E-state index < -0.39 is 0 Å². The fourth-order valence-corrected chi connectivity index (χ4v) is 3.52. The highest BCUT2D eigenvalue weighted by atomic mass is 79.9. The lowest BCUT2D eigenvalue weighted by Gasteiger charge is -2.14. The lowest BCUT2D eigenvalue weighted by atomic mass is 10.2. The molecule has 2 aromatic rings. The van der Waals surface area contributed by atoms with Gasteiger partial charge in [0.15, 0.2) is 0 Å². The summed E-state index contributed by atoms with van der Waals surface area (Å²) >= 11 is 5.43. The number of thiophene rings is 1. The summed E-state index contributed by atoms with van der Waals surface area (Å²) in [5, 5.41) is 3.56. The average Bonchev–Trinajstić information content (AvgIpc) is 2.75. The van der Waals surface area contributed by atoms with Crippen LogP contribution in [0.1, 0.15) is 35.2 Å². The molecule has 3 heteroatoms. The van der Waals surface area contributed by atoms with Crippen molar-refractivity contribution in [2.45, 2.75) is 33.2 Å². The molecule has 0 aliphatic heterocycles. The minimum Gasteiger partial charge on any atom is -0.378 e. The highest BCUT2D eigenvalue weighted by molar-refractivity contribution is 9.10. The van der Waals surface area contributed by atoms with E-state index in [1.807, 2.05) is 11.3 Å². The number of nitrogens with one attached hydrogen (secondary N) is 1. The van der Waals surface area contributed by atoms with Crippen LogP contribution in [0.3, 0.4) is 0 Å². The van der Waals surface area contributed by atoms with E-state index in [0.29, 0.717) is 6.04 Å². The molecule has 0 fully saturated rings. The summed E-state index contributed by atoms with van der Waals surface area (Å²) in [7, 11) is 0. The van der Waals surface area contributed by atoms with Gasteiger partial charge in [0, 0.05) is 19.9 Å². The summed E-state index contributed by atoms with van der Waals surface area (Å²) in [5.74, 6) is 0. The van der Waals surface area contributed by atoms with E-state index in [0.717, 1.165) is 10.9 Å². The van der Waals surface area contributed by atoms with E-state index in [2.05, 4.69) is 72.3 Å². The molecule has 96 valence electrons. The third-order valence-electron chi connectivity index (χ3n) is 2.88. The van der Waals surface area contributed by atoms with E-state index in [1.54, 1.807) is 0 Å². The molecule has 0 saturated carbocycles. The Morgan fingerprint density at radius 1 is 1.28 bits per heavy atom. The summed E-state index contributed by atoms with van der Waals surface area (Å²) in [5.41, 5.74) is 2.43. The molecule has 2 rings (SSSR count). The third kappa shape index (κ3) is 3.36. The molecule has 1 aromatic carbocycles. The molecule has 1 N–H and O–H groups in total. The number of halogens is 1. The third-order valence-corrected chi connectivity index (χ3v) is 4.75. The predicted octanol–water partition coefficient (Wildman–Crippen LogP) is 5.55. The largest absolute Gasteiger partial charge is 0.378 e. The Morgan fingerprint density at radius 2 is 2.06 bits per heavy atom. The molecule has 0 bridgehead atoms. The van der Waals surface area contributed by atoms with Crippen molar-refractivity contribution in [3.63, 3.8) is 0 Å². The molecule has 1 atom stereocenters. The van der Waals surface area contributed by atoms with Gasteiger partial charge in [-0.2, -0.15) is 0 Å². The molecule has 1 nitrogen and oxygen atoms in total. The van der Waals surface area contributed by atoms with Crippen LogP contribution in [0.2, 0.25) is 0 Å². The number of hydrogen-bond donors (Lipinski definition) is 1. The Hall–Kier alpha value is -0.800. The summed E-state index contributed by atoms with van der Waals surface area (Å²) in [6.07, 6.45) is 1.12. The Morgan fingerprint density at radius 3 is 2.67 bits per heavy atom. The highest BCUT2D eigenvalue weighted by Crippen LogP contribution is 2.28. The van der Waals surface area contributed by atoms with Gasteiger partial charge in [-0.15, -0.1) is 11.3 Å². The fourth-order valence-electron chi connectivity index (χ4n) is 1.96. The van der Waals surface area contributed by atoms with Gasteiger partial charge in [-0.05, 0) is 56.2 Å². The minimum atomic E-state index is 0.351. The topological polar surface area (TPSA) is 12.0 Å². The lowest BCUT2D eigenvalue weighted by molar-refractivity contribution is 0.907. The van der Waals surface area contributed by atoms with Crippen LogP contribution < -0.4 is 5.32 Å². The summed E-state index contributed by atoms with van der Waals surface area (Å²) in [4.78, 5) is 2.84. The van der Waals surface area contributed by atoms with Crippen molar-refractivity contribution in [3.05, 3.63) is 50.1 Å². The minimum absolute atomic E-state index is 0.351. The highest BCUT2D eigenvalue weighted by Gasteiger charge is 2.08. The number of rotatable bonds is 4. The molecule has 0 spiro atoms. The predicted molar refractivity (Wildman–Crippen MR) is 84.6 cm³/mol. The van der Waals surface area contributed by atoms with Crippen molar-refractivity contribution >= 4 is 33.0 Å². The molecular formula is C15H18BrNS. The quantitative estimate of drug-likeness (QED) is 0.777. The van der Waals surface area contributed by atoms with E-state index in [1.165, 1.54) is 21.0 Å². The molecule has 0 saturated heterocycles. The van der Waals surface area contributed by atoms with E-state index in [4.69, 9.17) is 0 Å². The van der Waals surface area contributed by atoms with Gasteiger partial charge in [-0.3, -0.25) is 0 Å². The number of anilines is 1. The SMILES string of the molecule is CCc1ccc(C(C)Nc2cc(C)cc(Br)c2)s1. The zero-order valence-corrected chi connectivity index (χ0v) is 13.4. The van der Waals surface area contributed by atoms with Gasteiger partial charge in [0.25, 0.3) is 0 Å². The standard InChI is InChI=1S/C15H18BrNS/c1-4-14-5-6-15(18-14)11(3)17-13-8-10(2)7-12(16)9-13/h5-9,11,17H,4H2,1-3H3. The van der Waals surface area contributed by atoms with Crippen molar-refractivity contribution in [3.8, 4) is 0 Å². The molecular weight excluding hydrogens is 306 g/mol. The van der Waals surface area contributed by atoms with Gasteiger partial charge in [0.1, 0.15) is 0 Å². The lowest BCUT2D eigenvalue weighted by Crippen LogP contribution is -2.04. The van der Waals surface area contributed by atoms with Gasteiger partial charge >= 0.3 is 0 Å². The zero-order chi connectivity index (χ0) is 13.1. The van der Waals surface area contributed by atoms with Gasteiger partial charge in [0.2, 0.25) is 0 Å². The second-order valence-electron chi connectivity index (χ2n) is 4.54. The van der Waals surface area contributed by atoms with Gasteiger partial charge in [-0.25, -0.2) is 0 Å². The Kier molecular flexibility index (Phi) is 4.46. The number of hydrogen-bond acceptors (Lipinski definition) is 2. The Bertz CT molecular complexity index is 513. The summed E-state index contributed by atoms with van der Waals surface area (Å²) < 4.78 is 1.12. The number of benzene rings is 1. The molecule has 1 unspecified atom stereocenters. The van der Waals surface area contributed by atoms with Crippen LogP contribution in [0, 0.1) is 6.92 Å². The molecule has 1 heterocycles. The monoisotopic (exact) mass is 323 g/mol. The maximum Gasteiger partial charge on any atom is 0.0578 e. The molecule has 0 amide bonds. The number of aryl methyl sites for hydroxylation is 2. The van der Waals surface area contributed by atoms with Gasteiger partial charge < -0.3 is 5.32 Å². The summed E-state index contributed by atoms with van der Waals surface area (Å²) in [6, 6.07) is 11.2. The van der Waals surface area contributed by atoms with E-state index in [-0.39, 0.29) is 0 Å². The van der Waals surface area contributed by atoms with Gasteiger partial charge in [-0.1, -0.05) is 22.9 Å². The fraction of sp³-hybridized carbons (Fsp3) is 0.333. The second kappa shape index (κ2) is 5.89. The van der Waals surface area contributed by atoms with Crippen LogP contribution >= 0.6 is 27.3 Å². The van der Waals surface area contributed by atoms with Gasteiger partial charge in [0.05, 0.1) is 6.04 Å². The van der Waals surface area contributed by atoms with Crippen molar-refractivity contribution in [1.29, 1.82) is 0 Å². The maximum atomic E-state index is 3.56.